The summed E-state index contributed by atoms with van der Waals surface area (Å²) in [5, 5.41) is 5.68. The number of hydrogen-bond donors (Lipinski definition) is 2. The molecule has 1 aliphatic heterocycles. The van der Waals surface area contributed by atoms with E-state index in [1.807, 2.05) is 42.5 Å². The minimum atomic E-state index is -0.668. The summed E-state index contributed by atoms with van der Waals surface area (Å²) in [5.41, 5.74) is 1.62. The number of hydrogen-bond acceptors (Lipinski definition) is 3. The maximum atomic E-state index is 12.7. The fraction of sp³-hybridized carbons (Fsp3) is 0.364. The van der Waals surface area contributed by atoms with Crippen LogP contribution in [0.2, 0.25) is 0 Å². The van der Waals surface area contributed by atoms with Crippen molar-refractivity contribution in [3.63, 3.8) is 0 Å². The lowest BCUT2D eigenvalue weighted by Gasteiger charge is -2.29. The van der Waals surface area contributed by atoms with Crippen molar-refractivity contribution in [2.24, 2.45) is 17.3 Å². The minimum absolute atomic E-state index is 0.0292. The average Bonchev–Trinajstić information content (AvgIpc) is 3.04. The van der Waals surface area contributed by atoms with Gasteiger partial charge < -0.3 is 15.4 Å². The summed E-state index contributed by atoms with van der Waals surface area (Å²) < 4.78 is 5.75. The van der Waals surface area contributed by atoms with Crippen molar-refractivity contribution in [1.29, 1.82) is 0 Å². The molecule has 0 saturated carbocycles. The van der Waals surface area contributed by atoms with Crippen LogP contribution >= 0.6 is 0 Å². The van der Waals surface area contributed by atoms with E-state index in [1.165, 1.54) is 0 Å². The number of anilines is 1. The second-order valence-electron chi connectivity index (χ2n) is 7.98. The van der Waals surface area contributed by atoms with Gasteiger partial charge in [-0.3, -0.25) is 9.59 Å². The van der Waals surface area contributed by atoms with E-state index < -0.39 is 5.92 Å². The summed E-state index contributed by atoms with van der Waals surface area (Å²) in [4.78, 5) is 24.8. The third kappa shape index (κ3) is 4.67. The summed E-state index contributed by atoms with van der Waals surface area (Å²) in [6, 6.07) is 17.1. The summed E-state index contributed by atoms with van der Waals surface area (Å²) in [6.45, 7) is 7.18. The highest BCUT2D eigenvalue weighted by Gasteiger charge is 2.45. The number of carbonyl (C=O) groups is 2. The van der Waals surface area contributed by atoms with E-state index in [0.29, 0.717) is 18.8 Å². The SMILES string of the molecule is CC(C)(C)C1CNC(=O)C1C(=O)Nc1ccc(OCc2ccccc2)cc1. The Balaban J connectivity index is 1.60. The molecule has 0 aliphatic carbocycles. The molecule has 27 heavy (non-hydrogen) atoms. The van der Waals surface area contributed by atoms with Crippen LogP contribution in [0, 0.1) is 17.3 Å². The van der Waals surface area contributed by atoms with E-state index in [0.717, 1.165) is 11.3 Å². The minimum Gasteiger partial charge on any atom is -0.489 e. The first-order valence-corrected chi connectivity index (χ1v) is 9.20. The van der Waals surface area contributed by atoms with Crippen LogP contribution < -0.4 is 15.4 Å². The Labute approximate surface area is 160 Å². The Hall–Kier alpha value is -2.82. The Bertz CT molecular complexity index is 795. The number of benzene rings is 2. The van der Waals surface area contributed by atoms with Crippen LogP contribution in [0.4, 0.5) is 5.69 Å². The zero-order chi connectivity index (χ0) is 19.4. The van der Waals surface area contributed by atoms with Crippen molar-refractivity contribution in [2.75, 3.05) is 11.9 Å². The number of nitrogens with one attached hydrogen (secondary N) is 2. The third-order valence-electron chi connectivity index (χ3n) is 4.95. The first-order valence-electron chi connectivity index (χ1n) is 9.20. The van der Waals surface area contributed by atoms with Gasteiger partial charge in [0, 0.05) is 18.2 Å². The molecule has 1 fully saturated rings. The van der Waals surface area contributed by atoms with Crippen molar-refractivity contribution in [2.45, 2.75) is 27.4 Å². The Kier molecular flexibility index (Phi) is 5.49. The Morgan fingerprint density at radius 3 is 2.41 bits per heavy atom. The number of carbonyl (C=O) groups excluding carboxylic acids is 2. The average molecular weight is 366 g/mol. The molecule has 0 aromatic heterocycles. The van der Waals surface area contributed by atoms with Crippen molar-refractivity contribution < 1.29 is 14.3 Å². The van der Waals surface area contributed by atoms with E-state index in [2.05, 4.69) is 31.4 Å². The normalized spacial score (nSPS) is 19.4. The van der Waals surface area contributed by atoms with Crippen LogP contribution in [0.15, 0.2) is 54.6 Å². The fourth-order valence-electron chi connectivity index (χ4n) is 3.32. The van der Waals surface area contributed by atoms with Gasteiger partial charge in [0.05, 0.1) is 0 Å². The van der Waals surface area contributed by atoms with Crippen molar-refractivity contribution in [3.8, 4) is 5.75 Å². The highest BCUT2D eigenvalue weighted by Crippen LogP contribution is 2.35. The van der Waals surface area contributed by atoms with Crippen LogP contribution in [-0.4, -0.2) is 18.4 Å². The lowest BCUT2D eigenvalue weighted by molar-refractivity contribution is -0.132. The Morgan fingerprint density at radius 2 is 1.78 bits per heavy atom. The third-order valence-corrected chi connectivity index (χ3v) is 4.95. The molecule has 2 N–H and O–H groups in total. The van der Waals surface area contributed by atoms with Gasteiger partial charge >= 0.3 is 0 Å². The van der Waals surface area contributed by atoms with Crippen LogP contribution in [0.5, 0.6) is 5.75 Å². The molecule has 3 rings (SSSR count). The van der Waals surface area contributed by atoms with Gasteiger partial charge in [-0.05, 0) is 35.2 Å². The van der Waals surface area contributed by atoms with Gasteiger partial charge in [-0.15, -0.1) is 0 Å². The molecule has 2 aromatic rings. The summed E-state index contributed by atoms with van der Waals surface area (Å²) >= 11 is 0. The molecule has 2 atom stereocenters. The second kappa shape index (κ2) is 7.82. The van der Waals surface area contributed by atoms with Crippen molar-refractivity contribution >= 4 is 17.5 Å². The molecule has 5 nitrogen and oxygen atoms in total. The molecule has 0 radical (unpaired) electrons. The maximum absolute atomic E-state index is 12.7. The molecule has 0 bridgehead atoms. The van der Waals surface area contributed by atoms with Crippen LogP contribution in [0.25, 0.3) is 0 Å². The highest BCUT2D eigenvalue weighted by molar-refractivity contribution is 6.07. The van der Waals surface area contributed by atoms with Crippen LogP contribution in [0.3, 0.4) is 0 Å². The summed E-state index contributed by atoms with van der Waals surface area (Å²) in [7, 11) is 0. The monoisotopic (exact) mass is 366 g/mol. The van der Waals surface area contributed by atoms with Gasteiger partial charge in [-0.25, -0.2) is 0 Å². The van der Waals surface area contributed by atoms with Gasteiger partial charge in [0.15, 0.2) is 0 Å². The van der Waals surface area contributed by atoms with Crippen molar-refractivity contribution in [1.82, 2.24) is 5.32 Å². The van der Waals surface area contributed by atoms with E-state index in [4.69, 9.17) is 4.74 Å². The zero-order valence-corrected chi connectivity index (χ0v) is 16.0. The molecular weight excluding hydrogens is 340 g/mol. The van der Waals surface area contributed by atoms with Gasteiger partial charge in [-0.2, -0.15) is 0 Å². The molecule has 5 heteroatoms. The van der Waals surface area contributed by atoms with E-state index in [-0.39, 0.29) is 23.1 Å². The molecule has 142 valence electrons. The lowest BCUT2D eigenvalue weighted by Crippen LogP contribution is -2.37. The van der Waals surface area contributed by atoms with Crippen molar-refractivity contribution in [3.05, 3.63) is 60.2 Å². The molecule has 2 unspecified atom stereocenters. The fourth-order valence-corrected chi connectivity index (χ4v) is 3.32. The number of amides is 2. The predicted molar refractivity (Wildman–Crippen MR) is 105 cm³/mol. The first-order chi connectivity index (χ1) is 12.8. The van der Waals surface area contributed by atoms with Crippen LogP contribution in [0.1, 0.15) is 26.3 Å². The number of ether oxygens (including phenoxy) is 1. The molecule has 1 aliphatic rings. The largest absolute Gasteiger partial charge is 0.489 e. The van der Waals surface area contributed by atoms with Gasteiger partial charge in [-0.1, -0.05) is 51.1 Å². The quantitative estimate of drug-likeness (QED) is 0.795. The maximum Gasteiger partial charge on any atom is 0.237 e. The molecular formula is C22H26N2O3. The topological polar surface area (TPSA) is 67.4 Å². The van der Waals surface area contributed by atoms with Gasteiger partial charge in [0.2, 0.25) is 11.8 Å². The predicted octanol–water partition coefficient (Wildman–Crippen LogP) is 3.61. The second-order valence-corrected chi connectivity index (χ2v) is 7.98. The van der Waals surface area contributed by atoms with E-state index >= 15 is 0 Å². The summed E-state index contributed by atoms with van der Waals surface area (Å²) in [5.74, 6) is -0.432. The van der Waals surface area contributed by atoms with E-state index in [1.54, 1.807) is 12.1 Å². The zero-order valence-electron chi connectivity index (χ0n) is 16.0. The van der Waals surface area contributed by atoms with Gasteiger partial charge in [0.1, 0.15) is 18.3 Å². The molecule has 2 aromatic carbocycles. The standard InChI is InChI=1S/C22H26N2O3/c1-22(2,3)18-13-23-20(25)19(18)21(26)24-16-9-11-17(12-10-16)27-14-15-7-5-4-6-8-15/h4-12,18-19H,13-14H2,1-3H3,(H,23,25)(H,24,26). The lowest BCUT2D eigenvalue weighted by atomic mass is 9.74. The van der Waals surface area contributed by atoms with E-state index in [9.17, 15) is 9.59 Å². The highest BCUT2D eigenvalue weighted by atomic mass is 16.5. The first kappa shape index (κ1) is 19.0. The van der Waals surface area contributed by atoms with Gasteiger partial charge in [0.25, 0.3) is 0 Å². The smallest absolute Gasteiger partial charge is 0.237 e. The summed E-state index contributed by atoms with van der Waals surface area (Å²) in [6.07, 6.45) is 0. The molecule has 1 heterocycles. The molecule has 0 spiro atoms. The number of rotatable bonds is 5. The van der Waals surface area contributed by atoms with Crippen LogP contribution in [-0.2, 0) is 16.2 Å². The molecule has 2 amide bonds. The molecule has 1 saturated heterocycles. The Morgan fingerprint density at radius 1 is 1.11 bits per heavy atom.